The molecule has 1 fully saturated rings. The molecule has 2 unspecified atom stereocenters. The number of hydrogen-bond donors (Lipinski definition) is 1. The topological polar surface area (TPSA) is 89.8 Å². The minimum Gasteiger partial charge on any atom is -0.317 e. The molecule has 1 aromatic carbocycles. The molecule has 2 atom stereocenters. The van der Waals surface area contributed by atoms with Gasteiger partial charge < -0.3 is 4.57 Å². The summed E-state index contributed by atoms with van der Waals surface area (Å²) in [5.74, 6) is 0. The van der Waals surface area contributed by atoms with Crippen LogP contribution in [0.2, 0.25) is 0 Å². The summed E-state index contributed by atoms with van der Waals surface area (Å²) < 4.78 is 70.9. The van der Waals surface area contributed by atoms with Crippen molar-refractivity contribution in [2.45, 2.75) is 48.8 Å². The number of benzene rings is 1. The van der Waals surface area contributed by atoms with Gasteiger partial charge in [-0.25, -0.2) is 13.1 Å². The zero-order valence-electron chi connectivity index (χ0n) is 16.3. The first-order valence-electron chi connectivity index (χ1n) is 9.71. The van der Waals surface area contributed by atoms with Crippen LogP contribution in [0.1, 0.15) is 37.3 Å². The van der Waals surface area contributed by atoms with Crippen LogP contribution in [0.5, 0.6) is 0 Å². The van der Waals surface area contributed by atoms with E-state index in [4.69, 9.17) is 0 Å². The first kappa shape index (κ1) is 21.4. The molecule has 11 heteroatoms. The Bertz CT molecular complexity index is 1140. The lowest BCUT2D eigenvalue weighted by Crippen LogP contribution is -2.38. The Balaban J connectivity index is 1.64. The number of pyridine rings is 1. The Kier molecular flexibility index (Phi) is 5.80. The van der Waals surface area contributed by atoms with Gasteiger partial charge in [0.1, 0.15) is 12.7 Å². The summed E-state index contributed by atoms with van der Waals surface area (Å²) in [6, 6.07) is 5.57. The van der Waals surface area contributed by atoms with Gasteiger partial charge in [0.05, 0.1) is 10.5 Å². The maximum atomic E-state index is 13.5. The summed E-state index contributed by atoms with van der Waals surface area (Å²) in [5.41, 5.74) is -0.417. The predicted molar refractivity (Wildman–Crippen MR) is 106 cm³/mol. The molecule has 0 bridgehead atoms. The molecule has 7 nitrogen and oxygen atoms in total. The van der Waals surface area contributed by atoms with Crippen LogP contribution in [0.25, 0.3) is 11.1 Å². The Labute approximate surface area is 177 Å². The van der Waals surface area contributed by atoms with E-state index in [-0.39, 0.29) is 11.6 Å². The van der Waals surface area contributed by atoms with Gasteiger partial charge in [0.2, 0.25) is 10.0 Å². The molecule has 0 spiro atoms. The molecule has 31 heavy (non-hydrogen) atoms. The van der Waals surface area contributed by atoms with E-state index in [1.165, 1.54) is 30.6 Å². The monoisotopic (exact) mass is 451 g/mol. The highest BCUT2D eigenvalue weighted by molar-refractivity contribution is 7.89. The van der Waals surface area contributed by atoms with E-state index >= 15 is 0 Å². The lowest BCUT2D eigenvalue weighted by molar-refractivity contribution is -0.137. The van der Waals surface area contributed by atoms with Crippen LogP contribution in [0.3, 0.4) is 0 Å². The van der Waals surface area contributed by atoms with Gasteiger partial charge in [0, 0.05) is 24.5 Å². The Hall–Kier alpha value is -2.79. The average molecular weight is 451 g/mol. The second-order valence-electron chi connectivity index (χ2n) is 7.53. The molecule has 4 rings (SSSR count). The van der Waals surface area contributed by atoms with Gasteiger partial charge >= 0.3 is 6.18 Å². The maximum absolute atomic E-state index is 13.5. The fraction of sp³-hybridized carbons (Fsp3) is 0.350. The highest BCUT2D eigenvalue weighted by atomic mass is 32.2. The molecule has 0 radical (unpaired) electrons. The van der Waals surface area contributed by atoms with Crippen molar-refractivity contribution in [3.05, 3.63) is 60.9 Å². The van der Waals surface area contributed by atoms with Gasteiger partial charge in [-0.3, -0.25) is 4.98 Å². The van der Waals surface area contributed by atoms with E-state index < -0.39 is 32.7 Å². The van der Waals surface area contributed by atoms with Crippen LogP contribution in [0, 0.1) is 0 Å². The molecule has 0 saturated heterocycles. The number of aromatic nitrogens is 4. The van der Waals surface area contributed by atoms with Crippen molar-refractivity contribution in [1.29, 1.82) is 0 Å². The van der Waals surface area contributed by atoms with Crippen molar-refractivity contribution >= 4 is 10.0 Å². The minimum absolute atomic E-state index is 0.0327. The van der Waals surface area contributed by atoms with Gasteiger partial charge in [-0.1, -0.05) is 0 Å². The number of nitrogens with zero attached hydrogens (tertiary/aromatic N) is 4. The molecule has 3 aromatic rings. The summed E-state index contributed by atoms with van der Waals surface area (Å²) in [7, 11) is -4.17. The first-order chi connectivity index (χ1) is 14.7. The quantitative estimate of drug-likeness (QED) is 0.637. The van der Waals surface area contributed by atoms with Crippen molar-refractivity contribution in [1.82, 2.24) is 24.5 Å². The van der Waals surface area contributed by atoms with Crippen molar-refractivity contribution < 1.29 is 21.6 Å². The largest absolute Gasteiger partial charge is 0.416 e. The second-order valence-corrected chi connectivity index (χ2v) is 9.24. The zero-order valence-corrected chi connectivity index (χ0v) is 17.1. The van der Waals surface area contributed by atoms with Gasteiger partial charge in [-0.05, 0) is 67.1 Å². The SMILES string of the molecule is O=S(=O)(NC1CCCC(n2cnnc2)C1)c1cc(-c2ccncc2)cc(C(F)(F)F)c1. The molecule has 1 aliphatic rings. The molecular formula is C20H20F3N5O2S. The number of rotatable bonds is 5. The third kappa shape index (κ3) is 4.93. The summed E-state index contributed by atoms with van der Waals surface area (Å²) >= 11 is 0. The van der Waals surface area contributed by atoms with Crippen LogP contribution < -0.4 is 4.72 Å². The van der Waals surface area contributed by atoms with Crippen LogP contribution in [0.4, 0.5) is 13.2 Å². The standard InChI is InChI=1S/C20H20F3N5O2S/c21-20(22,23)16-8-15(14-4-6-24-7-5-14)9-19(10-16)31(29,30)27-17-2-1-3-18(11-17)28-12-25-26-13-28/h4-10,12-13,17-18,27H,1-3,11H2. The molecule has 1 saturated carbocycles. The highest BCUT2D eigenvalue weighted by Gasteiger charge is 2.34. The van der Waals surface area contributed by atoms with Crippen LogP contribution in [-0.4, -0.2) is 34.2 Å². The van der Waals surface area contributed by atoms with Gasteiger partial charge in [-0.15, -0.1) is 10.2 Å². The minimum atomic E-state index is -4.68. The van der Waals surface area contributed by atoms with Crippen LogP contribution in [-0.2, 0) is 16.2 Å². The smallest absolute Gasteiger partial charge is 0.317 e. The van der Waals surface area contributed by atoms with Crippen molar-refractivity contribution in [2.75, 3.05) is 0 Å². The second kappa shape index (κ2) is 8.39. The Morgan fingerprint density at radius 2 is 1.71 bits per heavy atom. The number of hydrogen-bond acceptors (Lipinski definition) is 5. The lowest BCUT2D eigenvalue weighted by atomic mass is 9.91. The molecule has 1 aliphatic carbocycles. The third-order valence-electron chi connectivity index (χ3n) is 5.38. The lowest BCUT2D eigenvalue weighted by Gasteiger charge is -2.30. The molecule has 0 aliphatic heterocycles. The fourth-order valence-electron chi connectivity index (χ4n) is 3.86. The van der Waals surface area contributed by atoms with Crippen molar-refractivity contribution in [3.8, 4) is 11.1 Å². The molecule has 1 N–H and O–H groups in total. The van der Waals surface area contributed by atoms with Crippen molar-refractivity contribution in [2.24, 2.45) is 0 Å². The summed E-state index contributed by atoms with van der Waals surface area (Å²) in [6.07, 6.45) is 4.10. The van der Waals surface area contributed by atoms with Gasteiger partial charge in [0.25, 0.3) is 0 Å². The fourth-order valence-corrected chi connectivity index (χ4v) is 5.21. The predicted octanol–water partition coefficient (Wildman–Crippen LogP) is 3.82. The number of nitrogens with one attached hydrogen (secondary N) is 1. The summed E-state index contributed by atoms with van der Waals surface area (Å²) in [4.78, 5) is 3.44. The van der Waals surface area contributed by atoms with Gasteiger partial charge in [-0.2, -0.15) is 13.2 Å². The molecule has 2 aromatic heterocycles. The Morgan fingerprint density at radius 3 is 2.39 bits per heavy atom. The summed E-state index contributed by atoms with van der Waals surface area (Å²) in [5, 5.41) is 7.56. The molecule has 164 valence electrons. The number of alkyl halides is 3. The maximum Gasteiger partial charge on any atom is 0.416 e. The normalized spacial score (nSPS) is 20.0. The summed E-state index contributed by atoms with van der Waals surface area (Å²) in [6.45, 7) is 0. The molecular weight excluding hydrogens is 431 g/mol. The number of halogens is 3. The van der Waals surface area contributed by atoms with E-state index in [9.17, 15) is 21.6 Å². The van der Waals surface area contributed by atoms with E-state index in [1.807, 2.05) is 4.57 Å². The Morgan fingerprint density at radius 1 is 1.00 bits per heavy atom. The third-order valence-corrected chi connectivity index (χ3v) is 6.88. The molecule has 2 heterocycles. The van der Waals surface area contributed by atoms with Crippen LogP contribution in [0.15, 0.2) is 60.3 Å². The first-order valence-corrected chi connectivity index (χ1v) is 11.2. The zero-order chi connectivity index (χ0) is 22.1. The number of sulfonamides is 1. The van der Waals surface area contributed by atoms with E-state index in [0.29, 0.717) is 24.5 Å². The van der Waals surface area contributed by atoms with E-state index in [2.05, 4.69) is 19.9 Å². The van der Waals surface area contributed by atoms with Crippen LogP contribution >= 0.6 is 0 Å². The van der Waals surface area contributed by atoms with Crippen molar-refractivity contribution in [3.63, 3.8) is 0 Å². The molecule has 0 amide bonds. The average Bonchev–Trinajstić information content (AvgIpc) is 3.28. The van der Waals surface area contributed by atoms with Gasteiger partial charge in [0.15, 0.2) is 0 Å². The highest BCUT2D eigenvalue weighted by Crippen LogP contribution is 2.35. The van der Waals surface area contributed by atoms with E-state index in [0.717, 1.165) is 18.9 Å². The van der Waals surface area contributed by atoms with E-state index in [1.54, 1.807) is 12.7 Å².